The van der Waals surface area contributed by atoms with Gasteiger partial charge >= 0.3 is 0 Å². The highest BCUT2D eigenvalue weighted by Gasteiger charge is 2.29. The molecule has 18 heavy (non-hydrogen) atoms. The Labute approximate surface area is 116 Å². The van der Waals surface area contributed by atoms with Gasteiger partial charge in [-0.2, -0.15) is 0 Å². The van der Waals surface area contributed by atoms with E-state index in [4.69, 9.17) is 0 Å². The Hall–Kier alpha value is -0.450. The lowest BCUT2D eigenvalue weighted by Gasteiger charge is -2.24. The van der Waals surface area contributed by atoms with Gasteiger partial charge in [-0.3, -0.25) is 4.90 Å². The molecule has 2 aliphatic rings. The third kappa shape index (κ3) is 2.76. The van der Waals surface area contributed by atoms with Crippen molar-refractivity contribution in [2.75, 3.05) is 13.1 Å². The zero-order valence-electron chi connectivity index (χ0n) is 10.3. The number of benzene rings is 1. The Kier molecular flexibility index (Phi) is 3.68. The van der Waals surface area contributed by atoms with Gasteiger partial charge in [0.25, 0.3) is 0 Å². The van der Waals surface area contributed by atoms with Gasteiger partial charge in [-0.25, -0.2) is 4.39 Å². The molecule has 0 amide bonds. The van der Waals surface area contributed by atoms with Crippen LogP contribution < -0.4 is 5.32 Å². The molecule has 0 aromatic heterocycles. The SMILES string of the molecule is Fc1ccc(CN2CCC3CCC(C2)N3)cc1Br. The zero-order valence-corrected chi connectivity index (χ0v) is 11.9. The second kappa shape index (κ2) is 5.27. The number of hydrogen-bond acceptors (Lipinski definition) is 2. The van der Waals surface area contributed by atoms with E-state index in [0.717, 1.165) is 25.7 Å². The van der Waals surface area contributed by atoms with E-state index in [1.54, 1.807) is 6.07 Å². The fourth-order valence-electron chi connectivity index (χ4n) is 3.06. The van der Waals surface area contributed by atoms with Crippen molar-refractivity contribution in [3.05, 3.63) is 34.1 Å². The third-order valence-corrected chi connectivity index (χ3v) is 4.61. The molecule has 1 N–H and O–H groups in total. The van der Waals surface area contributed by atoms with Gasteiger partial charge in [0.05, 0.1) is 4.47 Å². The maximum Gasteiger partial charge on any atom is 0.137 e. The molecule has 4 heteroatoms. The molecule has 2 aliphatic heterocycles. The molecule has 2 atom stereocenters. The average molecular weight is 313 g/mol. The molecule has 1 aromatic rings. The van der Waals surface area contributed by atoms with Crippen LogP contribution in [-0.2, 0) is 6.54 Å². The zero-order chi connectivity index (χ0) is 12.5. The maximum atomic E-state index is 13.2. The van der Waals surface area contributed by atoms with Gasteiger partial charge in [-0.15, -0.1) is 0 Å². The number of fused-ring (bicyclic) bond motifs is 2. The van der Waals surface area contributed by atoms with E-state index in [0.29, 0.717) is 10.5 Å². The lowest BCUT2D eigenvalue weighted by molar-refractivity contribution is 0.251. The van der Waals surface area contributed by atoms with Crippen LogP contribution in [0.3, 0.4) is 0 Å². The van der Waals surface area contributed by atoms with Crippen LogP contribution in [0.1, 0.15) is 24.8 Å². The Morgan fingerprint density at radius 1 is 1.28 bits per heavy atom. The van der Waals surface area contributed by atoms with E-state index in [1.165, 1.54) is 24.8 Å². The number of rotatable bonds is 2. The number of likely N-dealkylation sites (tertiary alicyclic amines) is 1. The molecule has 0 spiro atoms. The fourth-order valence-corrected chi connectivity index (χ4v) is 3.48. The molecule has 0 aliphatic carbocycles. The third-order valence-electron chi connectivity index (χ3n) is 4.00. The van der Waals surface area contributed by atoms with Gasteiger partial charge in [0.2, 0.25) is 0 Å². The molecule has 2 fully saturated rings. The van der Waals surface area contributed by atoms with Gasteiger partial charge in [0.1, 0.15) is 5.82 Å². The smallest absolute Gasteiger partial charge is 0.137 e. The van der Waals surface area contributed by atoms with Gasteiger partial charge in [-0.1, -0.05) is 6.07 Å². The van der Waals surface area contributed by atoms with Crippen LogP contribution in [0.15, 0.2) is 22.7 Å². The van der Waals surface area contributed by atoms with Crippen molar-refractivity contribution >= 4 is 15.9 Å². The second-order valence-corrected chi connectivity index (χ2v) is 6.26. The molecule has 3 rings (SSSR count). The molecular weight excluding hydrogens is 295 g/mol. The van der Waals surface area contributed by atoms with Crippen LogP contribution in [0.2, 0.25) is 0 Å². The van der Waals surface area contributed by atoms with Crippen LogP contribution in [0.4, 0.5) is 4.39 Å². The van der Waals surface area contributed by atoms with Gasteiger partial charge in [0, 0.05) is 31.7 Å². The molecule has 1 aromatic carbocycles. The summed E-state index contributed by atoms with van der Waals surface area (Å²) < 4.78 is 13.8. The molecular formula is C14H18BrFN2. The van der Waals surface area contributed by atoms with Crippen molar-refractivity contribution in [1.29, 1.82) is 0 Å². The summed E-state index contributed by atoms with van der Waals surface area (Å²) in [5.41, 5.74) is 1.18. The van der Waals surface area contributed by atoms with Crippen LogP contribution in [0.5, 0.6) is 0 Å². The maximum absolute atomic E-state index is 13.2. The van der Waals surface area contributed by atoms with Crippen molar-refractivity contribution in [2.45, 2.75) is 37.9 Å². The largest absolute Gasteiger partial charge is 0.310 e. The quantitative estimate of drug-likeness (QED) is 0.903. The van der Waals surface area contributed by atoms with E-state index in [2.05, 4.69) is 26.1 Å². The number of nitrogens with zero attached hydrogens (tertiary/aromatic N) is 1. The fraction of sp³-hybridized carbons (Fsp3) is 0.571. The van der Waals surface area contributed by atoms with E-state index < -0.39 is 0 Å². The lowest BCUT2D eigenvalue weighted by atomic mass is 10.1. The van der Waals surface area contributed by atoms with Crippen molar-refractivity contribution in [1.82, 2.24) is 10.2 Å². The van der Waals surface area contributed by atoms with Crippen LogP contribution in [-0.4, -0.2) is 30.1 Å². The molecule has 2 saturated heterocycles. The standard InChI is InChI=1S/C14H18BrFN2/c15-13-7-10(1-4-14(13)16)8-18-6-5-11-2-3-12(9-18)17-11/h1,4,7,11-12,17H,2-3,5-6,8-9H2. The minimum atomic E-state index is -0.185. The summed E-state index contributed by atoms with van der Waals surface area (Å²) in [4.78, 5) is 2.48. The summed E-state index contributed by atoms with van der Waals surface area (Å²) in [7, 11) is 0. The molecule has 0 saturated carbocycles. The minimum absolute atomic E-state index is 0.185. The molecule has 2 nitrogen and oxygen atoms in total. The Morgan fingerprint density at radius 3 is 2.94 bits per heavy atom. The first-order chi connectivity index (χ1) is 8.70. The van der Waals surface area contributed by atoms with E-state index in [-0.39, 0.29) is 5.82 Å². The molecule has 2 bridgehead atoms. The van der Waals surface area contributed by atoms with Gasteiger partial charge in [0.15, 0.2) is 0 Å². The number of halogens is 2. The highest BCUT2D eigenvalue weighted by molar-refractivity contribution is 9.10. The molecule has 2 heterocycles. The van der Waals surface area contributed by atoms with Crippen molar-refractivity contribution in [3.63, 3.8) is 0 Å². The summed E-state index contributed by atoms with van der Waals surface area (Å²) in [6.07, 6.45) is 3.87. The van der Waals surface area contributed by atoms with Crippen LogP contribution >= 0.6 is 15.9 Å². The van der Waals surface area contributed by atoms with Crippen LogP contribution in [0, 0.1) is 5.82 Å². The molecule has 98 valence electrons. The summed E-state index contributed by atoms with van der Waals surface area (Å²) in [6.45, 7) is 3.18. The lowest BCUT2D eigenvalue weighted by Crippen LogP contribution is -2.34. The number of nitrogens with one attached hydrogen (secondary N) is 1. The van der Waals surface area contributed by atoms with Crippen LogP contribution in [0.25, 0.3) is 0 Å². The first-order valence-corrected chi connectivity index (χ1v) is 7.42. The highest BCUT2D eigenvalue weighted by Crippen LogP contribution is 2.23. The Balaban J connectivity index is 1.66. The topological polar surface area (TPSA) is 15.3 Å². The van der Waals surface area contributed by atoms with Gasteiger partial charge < -0.3 is 5.32 Å². The first kappa shape index (κ1) is 12.6. The monoisotopic (exact) mass is 312 g/mol. The first-order valence-electron chi connectivity index (χ1n) is 6.63. The number of hydrogen-bond donors (Lipinski definition) is 1. The highest BCUT2D eigenvalue weighted by atomic mass is 79.9. The van der Waals surface area contributed by atoms with E-state index in [1.807, 2.05) is 12.1 Å². The summed E-state index contributed by atoms with van der Waals surface area (Å²) in [5.74, 6) is -0.185. The molecule has 0 radical (unpaired) electrons. The normalized spacial score (nSPS) is 28.3. The molecule has 2 unspecified atom stereocenters. The second-order valence-electron chi connectivity index (χ2n) is 5.41. The van der Waals surface area contributed by atoms with E-state index >= 15 is 0 Å². The summed E-state index contributed by atoms with van der Waals surface area (Å²) in [6, 6.07) is 6.70. The average Bonchev–Trinajstić information content (AvgIpc) is 2.68. The minimum Gasteiger partial charge on any atom is -0.310 e. The van der Waals surface area contributed by atoms with Crippen molar-refractivity contribution in [3.8, 4) is 0 Å². The van der Waals surface area contributed by atoms with Crippen molar-refractivity contribution < 1.29 is 4.39 Å². The van der Waals surface area contributed by atoms with Crippen molar-refractivity contribution in [2.24, 2.45) is 0 Å². The Morgan fingerprint density at radius 2 is 2.11 bits per heavy atom. The summed E-state index contributed by atoms with van der Waals surface area (Å²) >= 11 is 3.25. The predicted octanol–water partition coefficient (Wildman–Crippen LogP) is 2.91. The predicted molar refractivity (Wildman–Crippen MR) is 73.9 cm³/mol. The van der Waals surface area contributed by atoms with E-state index in [9.17, 15) is 4.39 Å². The summed E-state index contributed by atoms with van der Waals surface area (Å²) in [5, 5.41) is 3.68. The Bertz CT molecular complexity index is 438. The van der Waals surface area contributed by atoms with Gasteiger partial charge in [-0.05, 0) is 52.9 Å².